The molecule has 0 aliphatic heterocycles. The lowest BCUT2D eigenvalue weighted by atomic mass is 10.2. The Morgan fingerprint density at radius 2 is 1.97 bits per heavy atom. The molecule has 0 fully saturated rings. The van der Waals surface area contributed by atoms with Gasteiger partial charge in [-0.25, -0.2) is 4.98 Å². The molecule has 3 aromatic rings. The molecule has 160 valence electrons. The third-order valence-electron chi connectivity index (χ3n) is 3.67. The maximum atomic E-state index is 12.0. The van der Waals surface area contributed by atoms with Gasteiger partial charge in [-0.2, -0.15) is 0 Å². The first-order chi connectivity index (χ1) is 14.9. The van der Waals surface area contributed by atoms with Crippen molar-refractivity contribution in [2.45, 2.75) is 11.8 Å². The van der Waals surface area contributed by atoms with E-state index in [1.807, 2.05) is 0 Å². The van der Waals surface area contributed by atoms with Crippen molar-refractivity contribution < 1.29 is 19.2 Å². The first kappa shape index (κ1) is 22.1. The van der Waals surface area contributed by atoms with E-state index in [2.05, 4.69) is 26.0 Å². The van der Waals surface area contributed by atoms with Crippen LogP contribution in [0.2, 0.25) is 5.02 Å². The standard InChI is InChI=1S/C18H15ClN6O5S/c19-12-4-6-14(7-5-12)30-9-15-20-18(24-21-15)31-10-16(26)22-23-17(27)11-2-1-3-13(8-11)25(28)29/h1-8H,9-10H2,(H,22,26)(H,23,27)(H,20,21,24). The van der Waals surface area contributed by atoms with Crippen molar-refractivity contribution >= 4 is 40.9 Å². The smallest absolute Gasteiger partial charge is 0.270 e. The van der Waals surface area contributed by atoms with Gasteiger partial charge in [0.25, 0.3) is 11.6 Å². The number of non-ortho nitro benzene ring substituents is 1. The van der Waals surface area contributed by atoms with E-state index in [1.54, 1.807) is 24.3 Å². The number of nitro groups is 1. The van der Waals surface area contributed by atoms with Crippen LogP contribution in [0.3, 0.4) is 0 Å². The third kappa shape index (κ3) is 6.69. The minimum atomic E-state index is -0.679. The van der Waals surface area contributed by atoms with E-state index in [4.69, 9.17) is 16.3 Å². The van der Waals surface area contributed by atoms with Crippen LogP contribution in [0.25, 0.3) is 0 Å². The van der Waals surface area contributed by atoms with Crippen LogP contribution in [0.4, 0.5) is 5.69 Å². The number of nitrogens with zero attached hydrogens (tertiary/aromatic N) is 3. The molecule has 0 bridgehead atoms. The van der Waals surface area contributed by atoms with E-state index in [0.717, 1.165) is 17.8 Å². The number of nitro benzene ring substituents is 1. The van der Waals surface area contributed by atoms with Crippen LogP contribution < -0.4 is 15.6 Å². The Labute approximate surface area is 184 Å². The molecule has 3 N–H and O–H groups in total. The largest absolute Gasteiger partial charge is 0.486 e. The number of aromatic nitrogens is 3. The second-order valence-corrected chi connectivity index (χ2v) is 7.28. The summed E-state index contributed by atoms with van der Waals surface area (Å²) in [5.74, 6) is -0.162. The van der Waals surface area contributed by atoms with Gasteiger partial charge in [-0.15, -0.1) is 5.10 Å². The zero-order chi connectivity index (χ0) is 22.2. The molecule has 0 atom stereocenters. The molecular weight excluding hydrogens is 448 g/mol. The summed E-state index contributed by atoms with van der Waals surface area (Å²) in [4.78, 5) is 38.3. The average Bonchev–Trinajstić information content (AvgIpc) is 3.23. The number of ether oxygens (including phenoxy) is 1. The number of thioether (sulfide) groups is 1. The Bertz CT molecular complexity index is 1090. The number of hydrogen-bond donors (Lipinski definition) is 3. The van der Waals surface area contributed by atoms with E-state index in [0.29, 0.717) is 21.8 Å². The minimum absolute atomic E-state index is 0.0430. The minimum Gasteiger partial charge on any atom is -0.486 e. The van der Waals surface area contributed by atoms with Crippen LogP contribution in [-0.4, -0.2) is 37.7 Å². The summed E-state index contributed by atoms with van der Waals surface area (Å²) in [7, 11) is 0. The van der Waals surface area contributed by atoms with Crippen molar-refractivity contribution in [3.8, 4) is 5.75 Å². The number of benzene rings is 2. The summed E-state index contributed by atoms with van der Waals surface area (Å²) in [5, 5.41) is 18.4. The predicted octanol–water partition coefficient (Wildman–Crippen LogP) is 2.50. The van der Waals surface area contributed by atoms with E-state index in [1.165, 1.54) is 18.2 Å². The summed E-state index contributed by atoms with van der Waals surface area (Å²) >= 11 is 6.86. The Morgan fingerprint density at radius 1 is 1.19 bits per heavy atom. The number of hydrogen-bond acceptors (Lipinski definition) is 8. The van der Waals surface area contributed by atoms with Crippen LogP contribution >= 0.6 is 23.4 Å². The van der Waals surface area contributed by atoms with Crippen LogP contribution in [0.1, 0.15) is 16.2 Å². The maximum Gasteiger partial charge on any atom is 0.270 e. The zero-order valence-electron chi connectivity index (χ0n) is 15.7. The molecule has 0 unspecified atom stereocenters. The normalized spacial score (nSPS) is 10.4. The Kier molecular flexibility index (Phi) is 7.40. The summed E-state index contributed by atoms with van der Waals surface area (Å²) in [6.07, 6.45) is 0. The molecule has 1 aromatic heterocycles. The molecule has 0 saturated heterocycles. The first-order valence-corrected chi connectivity index (χ1v) is 10.0. The molecule has 3 rings (SSSR count). The fourth-order valence-electron chi connectivity index (χ4n) is 2.21. The Hall–Kier alpha value is -3.64. The second-order valence-electron chi connectivity index (χ2n) is 5.91. The second kappa shape index (κ2) is 10.4. The molecule has 0 aliphatic rings. The quantitative estimate of drug-likeness (QED) is 0.262. The lowest BCUT2D eigenvalue weighted by Crippen LogP contribution is -2.42. The van der Waals surface area contributed by atoms with Crippen LogP contribution in [-0.2, 0) is 11.4 Å². The highest BCUT2D eigenvalue weighted by molar-refractivity contribution is 7.99. The van der Waals surface area contributed by atoms with Gasteiger partial charge in [0.2, 0.25) is 11.1 Å². The number of carbonyl (C=O) groups is 2. The van der Waals surface area contributed by atoms with Crippen molar-refractivity contribution in [3.05, 3.63) is 75.1 Å². The SMILES string of the molecule is O=C(CSc1n[nH]c(COc2ccc(Cl)cc2)n1)NNC(=O)c1cccc([N+](=O)[O-])c1. The number of nitrogens with one attached hydrogen (secondary N) is 3. The average molecular weight is 463 g/mol. The van der Waals surface area contributed by atoms with Crippen LogP contribution in [0, 0.1) is 10.1 Å². The number of carbonyl (C=O) groups excluding carboxylic acids is 2. The van der Waals surface area contributed by atoms with Crippen molar-refractivity contribution in [2.24, 2.45) is 0 Å². The monoisotopic (exact) mass is 462 g/mol. The van der Waals surface area contributed by atoms with Gasteiger partial charge in [0.05, 0.1) is 10.7 Å². The molecule has 0 radical (unpaired) electrons. The number of hydrazine groups is 1. The van der Waals surface area contributed by atoms with Gasteiger partial charge in [0.1, 0.15) is 12.4 Å². The van der Waals surface area contributed by atoms with Gasteiger partial charge >= 0.3 is 0 Å². The van der Waals surface area contributed by atoms with Crippen LogP contribution in [0.5, 0.6) is 5.75 Å². The van der Waals surface area contributed by atoms with E-state index < -0.39 is 16.7 Å². The molecule has 31 heavy (non-hydrogen) atoms. The maximum absolute atomic E-state index is 12.0. The van der Waals surface area contributed by atoms with Gasteiger partial charge < -0.3 is 4.74 Å². The molecule has 11 nitrogen and oxygen atoms in total. The molecule has 0 saturated carbocycles. The molecule has 0 spiro atoms. The highest BCUT2D eigenvalue weighted by Gasteiger charge is 2.13. The fourth-order valence-corrected chi connectivity index (χ4v) is 2.96. The van der Waals surface area contributed by atoms with Gasteiger partial charge in [-0.3, -0.25) is 35.7 Å². The number of H-pyrrole nitrogens is 1. The van der Waals surface area contributed by atoms with Gasteiger partial charge in [-0.05, 0) is 30.3 Å². The highest BCUT2D eigenvalue weighted by atomic mass is 35.5. The van der Waals surface area contributed by atoms with E-state index >= 15 is 0 Å². The summed E-state index contributed by atoms with van der Waals surface area (Å²) in [6, 6.07) is 12.0. The summed E-state index contributed by atoms with van der Waals surface area (Å²) in [5.41, 5.74) is 4.24. The van der Waals surface area contributed by atoms with Gasteiger partial charge in [0, 0.05) is 22.7 Å². The van der Waals surface area contributed by atoms with Crippen molar-refractivity contribution in [1.29, 1.82) is 0 Å². The van der Waals surface area contributed by atoms with Gasteiger partial charge in [-0.1, -0.05) is 29.4 Å². The molecule has 0 aliphatic carbocycles. The Balaban J connectivity index is 1.41. The highest BCUT2D eigenvalue weighted by Crippen LogP contribution is 2.17. The molecule has 1 heterocycles. The van der Waals surface area contributed by atoms with E-state index in [9.17, 15) is 19.7 Å². The number of halogens is 1. The van der Waals surface area contributed by atoms with Crippen molar-refractivity contribution in [3.63, 3.8) is 0 Å². The molecule has 2 amide bonds. The molecule has 2 aromatic carbocycles. The summed E-state index contributed by atoms with van der Waals surface area (Å²) < 4.78 is 5.55. The van der Waals surface area contributed by atoms with Crippen molar-refractivity contribution in [2.75, 3.05) is 5.75 Å². The first-order valence-electron chi connectivity index (χ1n) is 8.67. The van der Waals surface area contributed by atoms with Crippen molar-refractivity contribution in [1.82, 2.24) is 26.0 Å². The van der Waals surface area contributed by atoms with E-state index in [-0.39, 0.29) is 23.6 Å². The Morgan fingerprint density at radius 3 is 2.71 bits per heavy atom. The number of aromatic amines is 1. The summed E-state index contributed by atoms with van der Waals surface area (Å²) in [6.45, 7) is 0.153. The number of amides is 2. The zero-order valence-corrected chi connectivity index (χ0v) is 17.3. The number of rotatable bonds is 8. The van der Waals surface area contributed by atoms with Gasteiger partial charge in [0.15, 0.2) is 5.82 Å². The lowest BCUT2D eigenvalue weighted by molar-refractivity contribution is -0.384. The predicted molar refractivity (Wildman–Crippen MR) is 112 cm³/mol. The molecule has 13 heteroatoms. The topological polar surface area (TPSA) is 152 Å². The van der Waals surface area contributed by atoms with Crippen LogP contribution in [0.15, 0.2) is 53.7 Å². The fraction of sp³-hybridized carbons (Fsp3) is 0.111. The molecular formula is C18H15ClN6O5S. The third-order valence-corrected chi connectivity index (χ3v) is 4.77. The lowest BCUT2D eigenvalue weighted by Gasteiger charge is -2.06.